The first-order valence-electron chi connectivity index (χ1n) is 9.81. The third-order valence-corrected chi connectivity index (χ3v) is 5.09. The number of methoxy groups -OCH3 is 2. The maximum absolute atomic E-state index is 12.5. The van der Waals surface area contributed by atoms with E-state index in [9.17, 15) is 9.59 Å². The zero-order valence-corrected chi connectivity index (χ0v) is 18.5. The second-order valence-electron chi connectivity index (χ2n) is 7.31. The van der Waals surface area contributed by atoms with Gasteiger partial charge in [-0.2, -0.15) is 0 Å². The minimum Gasteiger partial charge on any atom is -0.493 e. The number of amides is 2. The molecule has 30 heavy (non-hydrogen) atoms. The molecule has 1 atom stereocenters. The SMILES string of the molecule is COc1ccc(CN(C)[C@H](C)C(=O)NCC(=O)Nc2c(C)cccc2C)cc1OC. The molecule has 0 heterocycles. The number of carbonyl (C=O) groups is 2. The van der Waals surface area contributed by atoms with Crippen LogP contribution in [0.5, 0.6) is 11.5 Å². The average molecular weight is 414 g/mol. The summed E-state index contributed by atoms with van der Waals surface area (Å²) in [4.78, 5) is 26.7. The third-order valence-electron chi connectivity index (χ3n) is 5.09. The van der Waals surface area contributed by atoms with Crippen LogP contribution in [0.25, 0.3) is 0 Å². The molecule has 0 aliphatic carbocycles. The highest BCUT2D eigenvalue weighted by atomic mass is 16.5. The first-order valence-corrected chi connectivity index (χ1v) is 9.81. The fourth-order valence-electron chi connectivity index (χ4n) is 3.11. The zero-order valence-electron chi connectivity index (χ0n) is 18.5. The van der Waals surface area contributed by atoms with Crippen LogP contribution in [0.4, 0.5) is 5.69 Å². The van der Waals surface area contributed by atoms with Gasteiger partial charge in [0.2, 0.25) is 11.8 Å². The van der Waals surface area contributed by atoms with E-state index in [0.717, 1.165) is 22.4 Å². The Balaban J connectivity index is 1.90. The van der Waals surface area contributed by atoms with Crippen LogP contribution in [-0.4, -0.2) is 50.6 Å². The Labute approximate surface area is 178 Å². The maximum atomic E-state index is 12.5. The Morgan fingerprint density at radius 1 is 1.03 bits per heavy atom. The molecule has 7 heteroatoms. The van der Waals surface area contributed by atoms with Gasteiger partial charge in [-0.25, -0.2) is 0 Å². The number of rotatable bonds is 9. The number of likely N-dealkylation sites (N-methyl/N-ethyl adjacent to an activating group) is 1. The number of nitrogens with one attached hydrogen (secondary N) is 2. The molecule has 2 aromatic carbocycles. The van der Waals surface area contributed by atoms with Crippen LogP contribution in [-0.2, 0) is 16.1 Å². The van der Waals surface area contributed by atoms with Crippen LogP contribution in [0, 0.1) is 13.8 Å². The van der Waals surface area contributed by atoms with E-state index in [4.69, 9.17) is 9.47 Å². The molecule has 0 aliphatic rings. The maximum Gasteiger partial charge on any atom is 0.243 e. The molecule has 2 aromatic rings. The van der Waals surface area contributed by atoms with Crippen molar-refractivity contribution in [2.24, 2.45) is 0 Å². The number of aryl methyl sites for hydroxylation is 2. The van der Waals surface area contributed by atoms with Crippen LogP contribution in [0.1, 0.15) is 23.6 Å². The summed E-state index contributed by atoms with van der Waals surface area (Å²) in [5, 5.41) is 5.58. The van der Waals surface area contributed by atoms with Crippen molar-refractivity contribution in [3.8, 4) is 11.5 Å². The monoisotopic (exact) mass is 413 g/mol. The lowest BCUT2D eigenvalue weighted by Gasteiger charge is -2.24. The molecule has 2 amide bonds. The molecule has 0 fully saturated rings. The van der Waals surface area contributed by atoms with Gasteiger partial charge in [0.1, 0.15) is 0 Å². The van der Waals surface area contributed by atoms with E-state index in [-0.39, 0.29) is 18.4 Å². The number of ether oxygens (including phenoxy) is 2. The second kappa shape index (κ2) is 10.6. The minimum absolute atomic E-state index is 0.0822. The van der Waals surface area contributed by atoms with E-state index >= 15 is 0 Å². The Hall–Kier alpha value is -3.06. The van der Waals surface area contributed by atoms with Crippen LogP contribution in [0.3, 0.4) is 0 Å². The number of nitrogens with zero attached hydrogens (tertiary/aromatic N) is 1. The lowest BCUT2D eigenvalue weighted by molar-refractivity contribution is -0.127. The highest BCUT2D eigenvalue weighted by Gasteiger charge is 2.19. The fourth-order valence-corrected chi connectivity index (χ4v) is 3.11. The highest BCUT2D eigenvalue weighted by Crippen LogP contribution is 2.28. The van der Waals surface area contributed by atoms with Crippen molar-refractivity contribution in [2.45, 2.75) is 33.4 Å². The normalized spacial score (nSPS) is 11.7. The molecule has 2 N–H and O–H groups in total. The van der Waals surface area contributed by atoms with Gasteiger partial charge in [-0.1, -0.05) is 24.3 Å². The van der Waals surface area contributed by atoms with Gasteiger partial charge in [0.05, 0.1) is 26.8 Å². The fraction of sp³-hybridized carbons (Fsp3) is 0.391. The highest BCUT2D eigenvalue weighted by molar-refractivity contribution is 5.96. The molecular formula is C23H31N3O4. The number of para-hydroxylation sites is 1. The molecule has 0 saturated carbocycles. The molecule has 2 rings (SSSR count). The summed E-state index contributed by atoms with van der Waals surface area (Å²) >= 11 is 0. The van der Waals surface area contributed by atoms with Crippen molar-refractivity contribution < 1.29 is 19.1 Å². The van der Waals surface area contributed by atoms with Gasteiger partial charge in [-0.05, 0) is 56.6 Å². The van der Waals surface area contributed by atoms with E-state index < -0.39 is 6.04 Å². The zero-order chi connectivity index (χ0) is 22.3. The Kier molecular flexibility index (Phi) is 8.24. The molecule has 0 spiro atoms. The summed E-state index contributed by atoms with van der Waals surface area (Å²) in [6.45, 7) is 6.14. The number of benzene rings is 2. The summed E-state index contributed by atoms with van der Waals surface area (Å²) in [7, 11) is 5.04. The van der Waals surface area contributed by atoms with Crippen LogP contribution in [0.15, 0.2) is 36.4 Å². The molecular weight excluding hydrogens is 382 g/mol. The molecule has 162 valence electrons. The average Bonchev–Trinajstić information content (AvgIpc) is 2.73. The van der Waals surface area contributed by atoms with Gasteiger partial charge in [0.25, 0.3) is 0 Å². The van der Waals surface area contributed by atoms with Crippen molar-refractivity contribution in [1.82, 2.24) is 10.2 Å². The van der Waals surface area contributed by atoms with Gasteiger partial charge in [-0.15, -0.1) is 0 Å². The van der Waals surface area contributed by atoms with Gasteiger partial charge in [-0.3, -0.25) is 14.5 Å². The number of hydrogen-bond donors (Lipinski definition) is 2. The van der Waals surface area contributed by atoms with E-state index in [1.807, 2.05) is 62.2 Å². The van der Waals surface area contributed by atoms with Gasteiger partial charge < -0.3 is 20.1 Å². The molecule has 0 aliphatic heterocycles. The Morgan fingerprint density at radius 3 is 2.27 bits per heavy atom. The molecule has 7 nitrogen and oxygen atoms in total. The lowest BCUT2D eigenvalue weighted by atomic mass is 10.1. The molecule has 0 aromatic heterocycles. The van der Waals surface area contributed by atoms with Crippen LogP contribution >= 0.6 is 0 Å². The van der Waals surface area contributed by atoms with Crippen molar-refractivity contribution in [2.75, 3.05) is 33.1 Å². The van der Waals surface area contributed by atoms with E-state index in [1.165, 1.54) is 0 Å². The standard InChI is InChI=1S/C23H31N3O4/c1-15-8-7-9-16(2)22(15)25-21(27)13-24-23(28)17(3)26(4)14-18-10-11-19(29-5)20(12-18)30-6/h7-12,17H,13-14H2,1-6H3,(H,24,28)(H,25,27)/t17-/m1/s1. The first-order chi connectivity index (χ1) is 14.3. The quantitative estimate of drug-likeness (QED) is 0.661. The van der Waals surface area contributed by atoms with E-state index in [2.05, 4.69) is 10.6 Å². The van der Waals surface area contributed by atoms with Crippen molar-refractivity contribution in [3.05, 3.63) is 53.1 Å². The molecule has 0 bridgehead atoms. The first kappa shape index (κ1) is 23.2. The smallest absolute Gasteiger partial charge is 0.243 e. The van der Waals surface area contributed by atoms with Crippen molar-refractivity contribution >= 4 is 17.5 Å². The van der Waals surface area contributed by atoms with Crippen molar-refractivity contribution in [1.29, 1.82) is 0 Å². The summed E-state index contributed by atoms with van der Waals surface area (Å²) in [6, 6.07) is 11.1. The Morgan fingerprint density at radius 2 is 1.67 bits per heavy atom. The van der Waals surface area contributed by atoms with E-state index in [0.29, 0.717) is 18.0 Å². The summed E-state index contributed by atoms with van der Waals surface area (Å²) in [5.41, 5.74) is 3.74. The van der Waals surface area contributed by atoms with Gasteiger partial charge in [0.15, 0.2) is 11.5 Å². The van der Waals surface area contributed by atoms with Crippen molar-refractivity contribution in [3.63, 3.8) is 0 Å². The number of hydrogen-bond acceptors (Lipinski definition) is 5. The van der Waals surface area contributed by atoms with Gasteiger partial charge in [0, 0.05) is 12.2 Å². The Bertz CT molecular complexity index is 878. The number of anilines is 1. The largest absolute Gasteiger partial charge is 0.493 e. The number of carbonyl (C=O) groups excluding carboxylic acids is 2. The van der Waals surface area contributed by atoms with Gasteiger partial charge >= 0.3 is 0 Å². The molecule has 0 radical (unpaired) electrons. The third kappa shape index (κ3) is 5.97. The molecule has 0 saturated heterocycles. The molecule has 0 unspecified atom stereocenters. The predicted molar refractivity (Wildman–Crippen MR) is 118 cm³/mol. The summed E-state index contributed by atoms with van der Waals surface area (Å²) in [5.74, 6) is 0.832. The lowest BCUT2D eigenvalue weighted by Crippen LogP contribution is -2.45. The second-order valence-corrected chi connectivity index (χ2v) is 7.31. The van der Waals surface area contributed by atoms with Crippen LogP contribution < -0.4 is 20.1 Å². The summed E-state index contributed by atoms with van der Waals surface area (Å²) < 4.78 is 10.6. The summed E-state index contributed by atoms with van der Waals surface area (Å²) in [6.07, 6.45) is 0. The van der Waals surface area contributed by atoms with Crippen LogP contribution in [0.2, 0.25) is 0 Å². The minimum atomic E-state index is -0.411. The van der Waals surface area contributed by atoms with E-state index in [1.54, 1.807) is 21.1 Å². The predicted octanol–water partition coefficient (Wildman–Crippen LogP) is 2.90. The topological polar surface area (TPSA) is 79.9 Å².